The molecule has 0 amide bonds. The van der Waals surface area contributed by atoms with Gasteiger partial charge < -0.3 is 9.64 Å². The Bertz CT molecular complexity index is 343. The predicted molar refractivity (Wildman–Crippen MR) is 61.5 cm³/mol. The van der Waals surface area contributed by atoms with Crippen LogP contribution in [-0.2, 0) is 0 Å². The van der Waals surface area contributed by atoms with Gasteiger partial charge in [-0.1, -0.05) is 0 Å². The van der Waals surface area contributed by atoms with E-state index in [9.17, 15) is 0 Å². The standard InChI is InChI=1S/C12H19NO/c1-8-7-11(13(4)5)9(2)10(3)12(8)14-6/h7H,1-6H3. The Morgan fingerprint density at radius 1 is 1.07 bits per heavy atom. The number of hydrogen-bond donors (Lipinski definition) is 0. The van der Waals surface area contributed by atoms with Gasteiger partial charge in [0.05, 0.1) is 7.11 Å². The topological polar surface area (TPSA) is 12.5 Å². The summed E-state index contributed by atoms with van der Waals surface area (Å²) in [4.78, 5) is 2.13. The summed E-state index contributed by atoms with van der Waals surface area (Å²) in [6.07, 6.45) is 0. The molecule has 0 saturated carbocycles. The van der Waals surface area contributed by atoms with Crippen LogP contribution in [0.2, 0.25) is 0 Å². The highest BCUT2D eigenvalue weighted by molar-refractivity contribution is 5.62. The minimum atomic E-state index is 1.01. The number of nitrogens with zero attached hydrogens (tertiary/aromatic N) is 1. The summed E-state index contributed by atoms with van der Waals surface area (Å²) in [5.74, 6) is 1.01. The first-order valence-corrected chi connectivity index (χ1v) is 4.81. The lowest BCUT2D eigenvalue weighted by Gasteiger charge is -2.20. The Balaban J connectivity index is 3.40. The van der Waals surface area contributed by atoms with Gasteiger partial charge in [0.1, 0.15) is 5.75 Å². The zero-order valence-corrected chi connectivity index (χ0v) is 9.93. The third-order valence-electron chi connectivity index (χ3n) is 2.68. The average molecular weight is 193 g/mol. The van der Waals surface area contributed by atoms with Crippen molar-refractivity contribution in [1.82, 2.24) is 0 Å². The molecule has 1 aromatic rings. The zero-order chi connectivity index (χ0) is 10.9. The second kappa shape index (κ2) is 3.91. The van der Waals surface area contributed by atoms with Crippen molar-refractivity contribution in [1.29, 1.82) is 0 Å². The van der Waals surface area contributed by atoms with Crippen LogP contribution in [0.3, 0.4) is 0 Å². The van der Waals surface area contributed by atoms with Gasteiger partial charge in [-0.3, -0.25) is 0 Å². The molecule has 0 saturated heterocycles. The lowest BCUT2D eigenvalue weighted by Crippen LogP contribution is -2.11. The van der Waals surface area contributed by atoms with Crippen LogP contribution in [0.15, 0.2) is 6.07 Å². The van der Waals surface area contributed by atoms with E-state index in [0.29, 0.717) is 0 Å². The molecule has 0 heterocycles. The lowest BCUT2D eigenvalue weighted by molar-refractivity contribution is 0.408. The van der Waals surface area contributed by atoms with E-state index in [2.05, 4.69) is 45.8 Å². The molecule has 0 radical (unpaired) electrons. The van der Waals surface area contributed by atoms with Crippen molar-refractivity contribution in [3.63, 3.8) is 0 Å². The molecule has 2 heteroatoms. The van der Waals surface area contributed by atoms with Crippen molar-refractivity contribution >= 4 is 5.69 Å². The normalized spacial score (nSPS) is 10.1. The Hall–Kier alpha value is -1.18. The Morgan fingerprint density at radius 2 is 1.64 bits per heavy atom. The summed E-state index contributed by atoms with van der Waals surface area (Å²) < 4.78 is 5.37. The summed E-state index contributed by atoms with van der Waals surface area (Å²) >= 11 is 0. The third kappa shape index (κ3) is 1.69. The van der Waals surface area contributed by atoms with Crippen LogP contribution in [0.1, 0.15) is 16.7 Å². The summed E-state index contributed by atoms with van der Waals surface area (Å²) in [6, 6.07) is 2.17. The Labute approximate surface area is 86.5 Å². The van der Waals surface area contributed by atoms with Gasteiger partial charge in [-0.2, -0.15) is 0 Å². The molecule has 0 aliphatic rings. The first kappa shape index (κ1) is 10.9. The van der Waals surface area contributed by atoms with Crippen LogP contribution >= 0.6 is 0 Å². The van der Waals surface area contributed by atoms with E-state index < -0.39 is 0 Å². The van der Waals surface area contributed by atoms with Gasteiger partial charge >= 0.3 is 0 Å². The van der Waals surface area contributed by atoms with Crippen molar-refractivity contribution in [2.24, 2.45) is 0 Å². The molecular formula is C12H19NO. The largest absolute Gasteiger partial charge is 0.496 e. The molecular weight excluding hydrogens is 174 g/mol. The van der Waals surface area contributed by atoms with E-state index in [0.717, 1.165) is 5.75 Å². The van der Waals surface area contributed by atoms with Crippen LogP contribution in [0.25, 0.3) is 0 Å². The molecule has 0 atom stereocenters. The van der Waals surface area contributed by atoms with Gasteiger partial charge in [0.15, 0.2) is 0 Å². The smallest absolute Gasteiger partial charge is 0.125 e. The number of aryl methyl sites for hydroxylation is 1. The molecule has 0 aliphatic carbocycles. The molecule has 0 bridgehead atoms. The predicted octanol–water partition coefficient (Wildman–Crippen LogP) is 2.69. The molecule has 0 fully saturated rings. The van der Waals surface area contributed by atoms with Crippen molar-refractivity contribution in [3.8, 4) is 5.75 Å². The maximum atomic E-state index is 5.37. The highest BCUT2D eigenvalue weighted by Gasteiger charge is 2.11. The van der Waals surface area contributed by atoms with Gasteiger partial charge in [0.25, 0.3) is 0 Å². The second-order valence-electron chi connectivity index (χ2n) is 3.89. The maximum Gasteiger partial charge on any atom is 0.125 e. The molecule has 0 unspecified atom stereocenters. The fourth-order valence-electron chi connectivity index (χ4n) is 1.82. The van der Waals surface area contributed by atoms with Gasteiger partial charge in [-0.25, -0.2) is 0 Å². The molecule has 0 N–H and O–H groups in total. The highest BCUT2D eigenvalue weighted by atomic mass is 16.5. The van der Waals surface area contributed by atoms with E-state index in [-0.39, 0.29) is 0 Å². The summed E-state index contributed by atoms with van der Waals surface area (Å²) in [6.45, 7) is 6.32. The second-order valence-corrected chi connectivity index (χ2v) is 3.89. The van der Waals surface area contributed by atoms with Crippen molar-refractivity contribution in [2.45, 2.75) is 20.8 Å². The first-order chi connectivity index (χ1) is 6.49. The Morgan fingerprint density at radius 3 is 2.07 bits per heavy atom. The van der Waals surface area contributed by atoms with Crippen LogP contribution in [0.5, 0.6) is 5.75 Å². The number of methoxy groups -OCH3 is 1. The van der Waals surface area contributed by atoms with E-state index >= 15 is 0 Å². The Kier molecular flexibility index (Phi) is 3.04. The number of rotatable bonds is 2. The van der Waals surface area contributed by atoms with Crippen LogP contribution in [-0.4, -0.2) is 21.2 Å². The zero-order valence-electron chi connectivity index (χ0n) is 9.93. The molecule has 14 heavy (non-hydrogen) atoms. The molecule has 0 spiro atoms. The van der Waals surface area contributed by atoms with Crippen LogP contribution in [0, 0.1) is 20.8 Å². The quantitative estimate of drug-likeness (QED) is 0.716. The molecule has 78 valence electrons. The van der Waals surface area contributed by atoms with E-state index in [1.807, 2.05) is 0 Å². The van der Waals surface area contributed by atoms with Gasteiger partial charge in [-0.05, 0) is 43.5 Å². The average Bonchev–Trinajstić information content (AvgIpc) is 2.12. The molecule has 1 aromatic carbocycles. The summed E-state index contributed by atoms with van der Waals surface area (Å²) in [5, 5.41) is 0. The van der Waals surface area contributed by atoms with Gasteiger partial charge in [-0.15, -0.1) is 0 Å². The maximum absolute atomic E-state index is 5.37. The lowest BCUT2D eigenvalue weighted by atomic mass is 10.0. The molecule has 0 aliphatic heterocycles. The number of ether oxygens (including phenoxy) is 1. The van der Waals surface area contributed by atoms with E-state index in [4.69, 9.17) is 4.74 Å². The fraction of sp³-hybridized carbons (Fsp3) is 0.500. The number of benzene rings is 1. The molecule has 1 rings (SSSR count). The monoisotopic (exact) mass is 193 g/mol. The number of hydrogen-bond acceptors (Lipinski definition) is 2. The SMILES string of the molecule is COc1c(C)cc(N(C)C)c(C)c1C. The summed E-state index contributed by atoms with van der Waals surface area (Å²) in [5.41, 5.74) is 4.98. The van der Waals surface area contributed by atoms with Crippen molar-refractivity contribution in [2.75, 3.05) is 26.1 Å². The van der Waals surface area contributed by atoms with Crippen LogP contribution < -0.4 is 9.64 Å². The van der Waals surface area contributed by atoms with E-state index in [1.165, 1.54) is 22.4 Å². The van der Waals surface area contributed by atoms with Gasteiger partial charge in [0, 0.05) is 19.8 Å². The first-order valence-electron chi connectivity index (χ1n) is 4.81. The van der Waals surface area contributed by atoms with E-state index in [1.54, 1.807) is 7.11 Å². The minimum Gasteiger partial charge on any atom is -0.496 e. The summed E-state index contributed by atoms with van der Waals surface area (Å²) in [7, 11) is 5.85. The fourth-order valence-corrected chi connectivity index (χ4v) is 1.82. The highest BCUT2D eigenvalue weighted by Crippen LogP contribution is 2.32. The third-order valence-corrected chi connectivity index (χ3v) is 2.68. The van der Waals surface area contributed by atoms with Gasteiger partial charge in [0.2, 0.25) is 0 Å². The molecule has 2 nitrogen and oxygen atoms in total. The minimum absolute atomic E-state index is 1.01. The van der Waals surface area contributed by atoms with Crippen LogP contribution in [0.4, 0.5) is 5.69 Å². The van der Waals surface area contributed by atoms with Crippen molar-refractivity contribution in [3.05, 3.63) is 22.8 Å². The number of anilines is 1. The molecule has 0 aromatic heterocycles. The van der Waals surface area contributed by atoms with Crippen molar-refractivity contribution < 1.29 is 4.74 Å².